The van der Waals surface area contributed by atoms with Gasteiger partial charge in [-0.1, -0.05) is 16.5 Å². The summed E-state index contributed by atoms with van der Waals surface area (Å²) in [6, 6.07) is -0.854. The van der Waals surface area contributed by atoms with Crippen molar-refractivity contribution in [2.24, 2.45) is 5.16 Å². The Bertz CT molecular complexity index is 1020. The van der Waals surface area contributed by atoms with Gasteiger partial charge in [-0.15, -0.1) is 11.8 Å². The predicted octanol–water partition coefficient (Wildman–Crippen LogP) is 0.0548. The molecule has 3 aliphatic heterocycles. The first-order valence-corrected chi connectivity index (χ1v) is 12.0. The van der Waals surface area contributed by atoms with Gasteiger partial charge in [-0.05, 0) is 0 Å². The second-order valence-electron chi connectivity index (χ2n) is 8.24. The second kappa shape index (κ2) is 8.71. The fourth-order valence-electron chi connectivity index (χ4n) is 4.42. The molecule has 2 unspecified atom stereocenters. The number of likely N-dealkylation sites (N-methyl/N-ethyl adjacent to an activating group) is 1. The van der Waals surface area contributed by atoms with E-state index >= 15 is 0 Å². The van der Waals surface area contributed by atoms with Crippen LogP contribution in [-0.4, -0.2) is 93.9 Å². The maximum atomic E-state index is 12.9. The number of carboxylic acids is 1. The number of anilines is 1. The van der Waals surface area contributed by atoms with Gasteiger partial charge in [0, 0.05) is 30.4 Å². The minimum Gasteiger partial charge on any atom is -0.477 e. The topological polar surface area (TPSA) is 147 Å². The number of hydrogen-bond acceptors (Lipinski definition) is 9. The highest BCUT2D eigenvalue weighted by Gasteiger charge is 2.55. The van der Waals surface area contributed by atoms with Crippen molar-refractivity contribution in [2.75, 3.05) is 45.3 Å². The summed E-state index contributed by atoms with van der Waals surface area (Å²) in [5, 5.41) is 16.1. The van der Waals surface area contributed by atoms with Gasteiger partial charge >= 0.3 is 5.97 Å². The third kappa shape index (κ3) is 4.07. The number of thioether (sulfide) groups is 1. The van der Waals surface area contributed by atoms with Crippen LogP contribution in [0.15, 0.2) is 22.6 Å². The SMILES string of the molecule is CO/N=C(/C(=O)NC1C(=O)N2C(C(=O)O)=C(C[N+]3(C)CCCC3)CSC12)c1cnc(N)s1. The number of aromatic nitrogens is 1. The molecule has 2 atom stereocenters. The fraction of sp³-hybridized carbons (Fsp3) is 0.526. The summed E-state index contributed by atoms with van der Waals surface area (Å²) in [6.45, 7) is 2.61. The van der Waals surface area contributed by atoms with Gasteiger partial charge in [0.15, 0.2) is 10.8 Å². The van der Waals surface area contributed by atoms with E-state index in [0.717, 1.165) is 47.3 Å². The zero-order valence-corrected chi connectivity index (χ0v) is 19.4. The van der Waals surface area contributed by atoms with E-state index in [9.17, 15) is 19.5 Å². The molecule has 2 saturated heterocycles. The van der Waals surface area contributed by atoms with Crippen LogP contribution in [0.4, 0.5) is 5.13 Å². The van der Waals surface area contributed by atoms with Gasteiger partial charge in [0.05, 0.1) is 25.0 Å². The quantitative estimate of drug-likeness (QED) is 0.214. The summed E-state index contributed by atoms with van der Waals surface area (Å²) in [7, 11) is 3.43. The number of quaternary nitrogens is 1. The van der Waals surface area contributed by atoms with E-state index in [1.54, 1.807) is 0 Å². The van der Waals surface area contributed by atoms with Crippen LogP contribution < -0.4 is 11.1 Å². The Labute approximate surface area is 192 Å². The lowest BCUT2D eigenvalue weighted by atomic mass is 10.0. The Morgan fingerprint density at radius 1 is 1.44 bits per heavy atom. The lowest BCUT2D eigenvalue weighted by Crippen LogP contribution is -2.71. The number of oxime groups is 1. The van der Waals surface area contributed by atoms with Crippen molar-refractivity contribution < 1.29 is 28.8 Å². The number of hydrogen-bond donors (Lipinski definition) is 3. The molecule has 32 heavy (non-hydrogen) atoms. The van der Waals surface area contributed by atoms with E-state index in [2.05, 4.69) is 22.5 Å². The normalized spacial score (nSPS) is 24.8. The third-order valence-electron chi connectivity index (χ3n) is 5.91. The molecule has 2 amide bonds. The van der Waals surface area contributed by atoms with Crippen molar-refractivity contribution in [1.82, 2.24) is 15.2 Å². The Morgan fingerprint density at radius 2 is 2.16 bits per heavy atom. The molecule has 172 valence electrons. The molecule has 0 radical (unpaired) electrons. The Morgan fingerprint density at radius 3 is 2.75 bits per heavy atom. The number of carbonyl (C=O) groups is 3. The van der Waals surface area contributed by atoms with E-state index < -0.39 is 29.2 Å². The largest absolute Gasteiger partial charge is 0.477 e. The Kier molecular flexibility index (Phi) is 6.14. The lowest BCUT2D eigenvalue weighted by molar-refractivity contribution is -0.893. The minimum atomic E-state index is -1.11. The maximum absolute atomic E-state index is 12.9. The highest BCUT2D eigenvalue weighted by atomic mass is 32.2. The highest BCUT2D eigenvalue weighted by Crippen LogP contribution is 2.41. The molecular weight excluding hydrogens is 456 g/mol. The number of nitrogens with one attached hydrogen (secondary N) is 1. The fourth-order valence-corrected chi connectivity index (χ4v) is 6.42. The van der Waals surface area contributed by atoms with Gasteiger partial charge in [0.2, 0.25) is 0 Å². The molecule has 0 spiro atoms. The van der Waals surface area contributed by atoms with Crippen molar-refractivity contribution in [2.45, 2.75) is 24.3 Å². The van der Waals surface area contributed by atoms with Crippen molar-refractivity contribution in [3.05, 3.63) is 22.3 Å². The lowest BCUT2D eigenvalue weighted by Gasteiger charge is -2.49. The van der Waals surface area contributed by atoms with Crippen molar-refractivity contribution in [3.63, 3.8) is 0 Å². The van der Waals surface area contributed by atoms with Gasteiger partial charge in [-0.25, -0.2) is 9.78 Å². The molecule has 1 aromatic heterocycles. The average molecular weight is 482 g/mol. The van der Waals surface area contributed by atoms with Gasteiger partial charge in [0.25, 0.3) is 11.8 Å². The van der Waals surface area contributed by atoms with Gasteiger partial charge < -0.3 is 25.5 Å². The summed E-state index contributed by atoms with van der Waals surface area (Å²) in [5.74, 6) is -1.68. The first kappa shape index (κ1) is 22.6. The van der Waals surface area contributed by atoms with E-state index in [4.69, 9.17) is 10.6 Å². The first-order chi connectivity index (χ1) is 15.2. The molecule has 13 heteroatoms. The summed E-state index contributed by atoms with van der Waals surface area (Å²) in [4.78, 5) is 48.2. The number of thiazole rings is 1. The zero-order valence-electron chi connectivity index (χ0n) is 17.7. The summed E-state index contributed by atoms with van der Waals surface area (Å²) in [5.41, 5.74) is 6.41. The first-order valence-electron chi connectivity index (χ1n) is 10.1. The summed E-state index contributed by atoms with van der Waals surface area (Å²) in [6.07, 6.45) is 3.64. The van der Waals surface area contributed by atoms with Crippen LogP contribution in [0.2, 0.25) is 0 Å². The number of carbonyl (C=O) groups excluding carboxylic acids is 2. The third-order valence-corrected chi connectivity index (χ3v) is 8.08. The van der Waals surface area contributed by atoms with Crippen LogP contribution in [0.5, 0.6) is 0 Å². The average Bonchev–Trinajstić information content (AvgIpc) is 3.37. The maximum Gasteiger partial charge on any atom is 0.352 e. The molecule has 0 saturated carbocycles. The molecule has 0 bridgehead atoms. The van der Waals surface area contributed by atoms with Crippen molar-refractivity contribution in [1.29, 1.82) is 0 Å². The molecule has 3 aliphatic rings. The van der Waals surface area contributed by atoms with Crippen LogP contribution in [0.3, 0.4) is 0 Å². The molecule has 4 rings (SSSR count). The summed E-state index contributed by atoms with van der Waals surface area (Å²) < 4.78 is 0.786. The van der Waals surface area contributed by atoms with E-state index in [0.29, 0.717) is 17.2 Å². The van der Waals surface area contributed by atoms with E-state index in [1.807, 2.05) is 0 Å². The molecule has 4 heterocycles. The van der Waals surface area contributed by atoms with Gasteiger partial charge in [0.1, 0.15) is 30.8 Å². The number of nitrogens with two attached hydrogens (primary N) is 1. The van der Waals surface area contributed by atoms with Crippen LogP contribution in [0.1, 0.15) is 17.7 Å². The van der Waals surface area contributed by atoms with Crippen LogP contribution in [0.25, 0.3) is 0 Å². The number of likely N-dealkylation sites (tertiary alicyclic amines) is 1. The molecule has 4 N–H and O–H groups in total. The monoisotopic (exact) mass is 481 g/mol. The van der Waals surface area contributed by atoms with Crippen LogP contribution >= 0.6 is 23.1 Å². The molecule has 0 aliphatic carbocycles. The van der Waals surface area contributed by atoms with Crippen molar-refractivity contribution >= 4 is 51.7 Å². The second-order valence-corrected chi connectivity index (χ2v) is 10.4. The number of nitrogens with zero attached hydrogens (tertiary/aromatic N) is 4. The smallest absolute Gasteiger partial charge is 0.352 e. The minimum absolute atomic E-state index is 0.0464. The van der Waals surface area contributed by atoms with Gasteiger partial charge in [-0.3, -0.25) is 14.5 Å². The zero-order chi connectivity index (χ0) is 23.0. The highest BCUT2D eigenvalue weighted by molar-refractivity contribution is 8.00. The van der Waals surface area contributed by atoms with Gasteiger partial charge in [-0.2, -0.15) is 0 Å². The Balaban J connectivity index is 1.52. The number of carboxylic acid groups (broad SMARTS) is 1. The standard InChI is InChI=1S/C19H24N6O5S2/c1-25(5-3-4-6-25)8-10-9-31-17-13(16(27)24(17)14(10)18(28)29)22-15(26)12(23-30-2)11-7-21-19(20)32-11/h7,13,17H,3-6,8-9H2,1-2H3,(H3-,20,21,22,23,26,28,29)/p+1. The number of nitrogen functional groups attached to an aromatic ring is 1. The number of rotatable bonds is 7. The van der Waals surface area contributed by atoms with Crippen LogP contribution in [-0.2, 0) is 19.2 Å². The van der Waals surface area contributed by atoms with E-state index in [1.165, 1.54) is 30.0 Å². The number of amides is 2. The number of aliphatic carboxylic acids is 1. The number of β-lactam (4-membered cyclic amide) rings is 1. The molecule has 0 aromatic carbocycles. The summed E-state index contributed by atoms with van der Waals surface area (Å²) >= 11 is 2.53. The molecule has 1 aromatic rings. The predicted molar refractivity (Wildman–Crippen MR) is 120 cm³/mol. The van der Waals surface area contributed by atoms with E-state index in [-0.39, 0.29) is 16.5 Å². The van der Waals surface area contributed by atoms with Crippen LogP contribution in [0, 0.1) is 0 Å². The van der Waals surface area contributed by atoms with Crippen molar-refractivity contribution in [3.8, 4) is 0 Å². The Hall–Kier alpha value is -2.64. The number of fused-ring (bicyclic) bond motifs is 1. The molecule has 11 nitrogen and oxygen atoms in total. The molecular formula is C19H25N6O5S2+. The molecule has 2 fully saturated rings.